The maximum absolute atomic E-state index is 8.71. The Morgan fingerprint density at radius 2 is 1.78 bits per heavy atom. The first-order valence-corrected chi connectivity index (χ1v) is 5.34. The van der Waals surface area contributed by atoms with Gasteiger partial charge in [-0.1, -0.05) is 11.6 Å². The quantitative estimate of drug-likeness (QED) is 0.826. The number of benzene rings is 1. The van der Waals surface area contributed by atoms with Gasteiger partial charge in [-0.25, -0.2) is 4.98 Å². The van der Waals surface area contributed by atoms with Crippen molar-refractivity contribution in [2.45, 2.75) is 0 Å². The van der Waals surface area contributed by atoms with Crippen LogP contribution in [0.25, 0.3) is 0 Å². The second-order valence-electron chi connectivity index (χ2n) is 3.36. The van der Waals surface area contributed by atoms with Gasteiger partial charge in [0.25, 0.3) is 0 Å². The fourth-order valence-electron chi connectivity index (χ4n) is 1.27. The molecule has 0 bridgehead atoms. The standard InChI is InChI=1S/C13H6ClN3O/c14-11-5-9(6-15)1-3-12(11)18-13-4-2-10(7-16)8-17-13/h1-5,8H. The van der Waals surface area contributed by atoms with Crippen molar-refractivity contribution >= 4 is 11.6 Å². The zero-order valence-corrected chi connectivity index (χ0v) is 9.85. The minimum Gasteiger partial charge on any atom is -0.437 e. The first-order valence-electron chi connectivity index (χ1n) is 4.96. The molecule has 1 aromatic heterocycles. The molecule has 0 atom stereocenters. The lowest BCUT2D eigenvalue weighted by Crippen LogP contribution is -1.89. The van der Waals surface area contributed by atoms with E-state index in [1.165, 1.54) is 12.3 Å². The first kappa shape index (κ1) is 11.9. The molecular weight excluding hydrogens is 250 g/mol. The van der Waals surface area contributed by atoms with Gasteiger partial charge in [-0.3, -0.25) is 0 Å². The lowest BCUT2D eigenvalue weighted by Gasteiger charge is -2.06. The van der Waals surface area contributed by atoms with E-state index in [1.807, 2.05) is 12.1 Å². The van der Waals surface area contributed by atoms with Gasteiger partial charge in [0.05, 0.1) is 22.2 Å². The Labute approximate surface area is 109 Å². The van der Waals surface area contributed by atoms with E-state index in [4.69, 9.17) is 26.9 Å². The van der Waals surface area contributed by atoms with Crippen LogP contribution in [0.4, 0.5) is 0 Å². The molecule has 2 rings (SSSR count). The van der Waals surface area contributed by atoms with Crippen LogP contribution < -0.4 is 4.74 Å². The van der Waals surface area contributed by atoms with E-state index in [9.17, 15) is 0 Å². The van der Waals surface area contributed by atoms with E-state index >= 15 is 0 Å². The van der Waals surface area contributed by atoms with Crippen molar-refractivity contribution in [2.75, 3.05) is 0 Å². The Hall–Kier alpha value is -2.56. The molecule has 5 heteroatoms. The highest BCUT2D eigenvalue weighted by atomic mass is 35.5. The Kier molecular flexibility index (Phi) is 3.43. The second kappa shape index (κ2) is 5.18. The molecule has 4 nitrogen and oxygen atoms in total. The zero-order chi connectivity index (χ0) is 13.0. The highest BCUT2D eigenvalue weighted by Gasteiger charge is 2.05. The number of nitrogens with zero attached hydrogens (tertiary/aromatic N) is 3. The number of nitriles is 2. The molecule has 0 saturated carbocycles. The second-order valence-corrected chi connectivity index (χ2v) is 3.76. The van der Waals surface area contributed by atoms with Gasteiger partial charge in [-0.2, -0.15) is 10.5 Å². The summed E-state index contributed by atoms with van der Waals surface area (Å²) in [7, 11) is 0. The molecule has 0 unspecified atom stereocenters. The topological polar surface area (TPSA) is 69.7 Å². The minimum absolute atomic E-state index is 0.334. The van der Waals surface area contributed by atoms with E-state index in [-0.39, 0.29) is 0 Å². The van der Waals surface area contributed by atoms with Crippen LogP contribution in [-0.4, -0.2) is 4.98 Å². The molecule has 18 heavy (non-hydrogen) atoms. The van der Waals surface area contributed by atoms with Gasteiger partial charge in [0.2, 0.25) is 5.88 Å². The fourth-order valence-corrected chi connectivity index (χ4v) is 1.49. The Balaban J connectivity index is 2.24. The van der Waals surface area contributed by atoms with Crippen LogP contribution in [0, 0.1) is 22.7 Å². The number of halogens is 1. The van der Waals surface area contributed by atoms with Gasteiger partial charge in [0.1, 0.15) is 11.8 Å². The van der Waals surface area contributed by atoms with Crippen LogP contribution in [0.3, 0.4) is 0 Å². The summed E-state index contributed by atoms with van der Waals surface area (Å²) in [5, 5.41) is 17.7. The number of hydrogen-bond acceptors (Lipinski definition) is 4. The number of hydrogen-bond donors (Lipinski definition) is 0. The third-order valence-electron chi connectivity index (χ3n) is 2.14. The summed E-state index contributed by atoms with van der Waals surface area (Å²) in [5.41, 5.74) is 0.911. The molecule has 0 aliphatic heterocycles. The fraction of sp³-hybridized carbons (Fsp3) is 0. The summed E-state index contributed by atoms with van der Waals surface area (Å²) in [6, 6.07) is 11.8. The zero-order valence-electron chi connectivity index (χ0n) is 9.09. The summed E-state index contributed by atoms with van der Waals surface area (Å²) in [6.45, 7) is 0. The number of ether oxygens (including phenoxy) is 1. The van der Waals surface area contributed by atoms with Crippen LogP contribution in [0.5, 0.6) is 11.6 Å². The molecule has 0 fully saturated rings. The number of aromatic nitrogens is 1. The lowest BCUT2D eigenvalue weighted by atomic mass is 10.2. The summed E-state index contributed by atoms with van der Waals surface area (Å²) < 4.78 is 5.45. The summed E-state index contributed by atoms with van der Waals surface area (Å²) >= 11 is 5.96. The van der Waals surface area contributed by atoms with E-state index < -0.39 is 0 Å². The van der Waals surface area contributed by atoms with Crippen molar-refractivity contribution in [3.63, 3.8) is 0 Å². The van der Waals surface area contributed by atoms with Gasteiger partial charge >= 0.3 is 0 Å². The van der Waals surface area contributed by atoms with Crippen molar-refractivity contribution in [3.8, 4) is 23.8 Å². The van der Waals surface area contributed by atoms with Crippen molar-refractivity contribution in [1.29, 1.82) is 10.5 Å². The average molecular weight is 256 g/mol. The Morgan fingerprint density at radius 3 is 2.33 bits per heavy atom. The van der Waals surface area contributed by atoms with Gasteiger partial charge in [-0.15, -0.1) is 0 Å². The van der Waals surface area contributed by atoms with Crippen molar-refractivity contribution in [3.05, 3.63) is 52.7 Å². The summed E-state index contributed by atoms with van der Waals surface area (Å²) in [5.74, 6) is 0.744. The van der Waals surface area contributed by atoms with Crippen LogP contribution in [0.2, 0.25) is 5.02 Å². The molecule has 1 aromatic carbocycles. The predicted octanol–water partition coefficient (Wildman–Crippen LogP) is 3.27. The third kappa shape index (κ3) is 2.57. The summed E-state index contributed by atoms with van der Waals surface area (Å²) in [4.78, 5) is 3.96. The Bertz CT molecular complexity index is 653. The molecule has 0 saturated heterocycles. The molecule has 0 amide bonds. The molecule has 2 aromatic rings. The van der Waals surface area contributed by atoms with Gasteiger partial charge in [0, 0.05) is 12.3 Å². The molecule has 0 N–H and O–H groups in total. The monoisotopic (exact) mass is 255 g/mol. The van der Waals surface area contributed by atoms with Crippen molar-refractivity contribution in [1.82, 2.24) is 4.98 Å². The molecular formula is C13H6ClN3O. The minimum atomic E-state index is 0.334. The smallest absolute Gasteiger partial charge is 0.219 e. The van der Waals surface area contributed by atoms with Crippen LogP contribution in [-0.2, 0) is 0 Å². The van der Waals surface area contributed by atoms with Crippen LogP contribution >= 0.6 is 11.6 Å². The van der Waals surface area contributed by atoms with Crippen LogP contribution in [0.1, 0.15) is 11.1 Å². The third-order valence-corrected chi connectivity index (χ3v) is 2.44. The van der Waals surface area contributed by atoms with E-state index in [1.54, 1.807) is 24.3 Å². The number of rotatable bonds is 2. The number of pyridine rings is 1. The van der Waals surface area contributed by atoms with Crippen molar-refractivity contribution in [2.24, 2.45) is 0 Å². The normalized spacial score (nSPS) is 9.28. The highest BCUT2D eigenvalue weighted by Crippen LogP contribution is 2.29. The molecule has 0 radical (unpaired) electrons. The maximum atomic E-state index is 8.71. The van der Waals surface area contributed by atoms with Gasteiger partial charge in [0.15, 0.2) is 0 Å². The molecule has 0 aliphatic rings. The Morgan fingerprint density at radius 1 is 1.06 bits per heavy atom. The van der Waals surface area contributed by atoms with Crippen LogP contribution in [0.15, 0.2) is 36.5 Å². The average Bonchev–Trinajstić information content (AvgIpc) is 2.42. The molecule has 0 spiro atoms. The lowest BCUT2D eigenvalue weighted by molar-refractivity contribution is 0.463. The van der Waals surface area contributed by atoms with E-state index in [2.05, 4.69) is 4.98 Å². The first-order chi connectivity index (χ1) is 8.72. The predicted molar refractivity (Wildman–Crippen MR) is 65.2 cm³/mol. The maximum Gasteiger partial charge on any atom is 0.219 e. The molecule has 0 aliphatic carbocycles. The molecule has 86 valence electrons. The summed E-state index contributed by atoms with van der Waals surface area (Å²) in [6.07, 6.45) is 1.41. The molecule has 1 heterocycles. The largest absolute Gasteiger partial charge is 0.437 e. The van der Waals surface area contributed by atoms with E-state index in [0.717, 1.165) is 0 Å². The van der Waals surface area contributed by atoms with Gasteiger partial charge in [-0.05, 0) is 24.3 Å². The highest BCUT2D eigenvalue weighted by molar-refractivity contribution is 6.32. The van der Waals surface area contributed by atoms with E-state index in [0.29, 0.717) is 27.8 Å². The SMILES string of the molecule is N#Cc1ccc(Oc2ccc(C#N)cc2Cl)nc1. The van der Waals surface area contributed by atoms with Crippen molar-refractivity contribution < 1.29 is 4.74 Å². The van der Waals surface area contributed by atoms with Gasteiger partial charge < -0.3 is 4.74 Å².